The number of likely N-dealkylation sites (tertiary alicyclic amines) is 1. The molecule has 0 aromatic carbocycles. The van der Waals surface area contributed by atoms with Crippen molar-refractivity contribution in [3.8, 4) is 0 Å². The van der Waals surface area contributed by atoms with Crippen LogP contribution in [0.4, 0.5) is 0 Å². The fourth-order valence-electron chi connectivity index (χ4n) is 2.92. The molecule has 1 atom stereocenters. The second-order valence-electron chi connectivity index (χ2n) is 5.50. The maximum Gasteiger partial charge on any atom is 0.320 e. The molecule has 1 aliphatic heterocycles. The number of aryl methyl sites for hydroxylation is 1. The highest BCUT2D eigenvalue weighted by atomic mass is 16.4. The van der Waals surface area contributed by atoms with Crippen LogP contribution in [0.5, 0.6) is 0 Å². The zero-order valence-electron chi connectivity index (χ0n) is 11.6. The molecule has 0 aliphatic carbocycles. The summed E-state index contributed by atoms with van der Waals surface area (Å²) in [5.41, 5.74) is 3.15. The quantitative estimate of drug-likeness (QED) is 0.930. The summed E-state index contributed by atoms with van der Waals surface area (Å²) in [4.78, 5) is 17.8. The van der Waals surface area contributed by atoms with Gasteiger partial charge in [-0.15, -0.1) is 0 Å². The lowest BCUT2D eigenvalue weighted by Crippen LogP contribution is -2.44. The van der Waals surface area contributed by atoms with Crippen molar-refractivity contribution in [1.82, 2.24) is 14.3 Å². The standard InChI is InChI=1S/C15H19N3O2/c1-11-5-7-18-12(9-16-14(18)8-11)10-17-6-3-2-4-13(17)15(19)20/h5,7-9,13H,2-4,6,10H2,1H3,(H,19,20). The van der Waals surface area contributed by atoms with Crippen molar-refractivity contribution in [2.45, 2.75) is 38.8 Å². The third-order valence-corrected chi connectivity index (χ3v) is 4.01. The number of carboxylic acid groups (broad SMARTS) is 1. The minimum atomic E-state index is -0.714. The van der Waals surface area contributed by atoms with Crippen LogP contribution in [0.2, 0.25) is 0 Å². The molecule has 2 aromatic rings. The van der Waals surface area contributed by atoms with Gasteiger partial charge in [0.1, 0.15) is 11.7 Å². The molecule has 0 saturated carbocycles. The van der Waals surface area contributed by atoms with Gasteiger partial charge in [0.15, 0.2) is 0 Å². The summed E-state index contributed by atoms with van der Waals surface area (Å²) in [5, 5.41) is 9.32. The van der Waals surface area contributed by atoms with Crippen LogP contribution in [0.15, 0.2) is 24.5 Å². The largest absolute Gasteiger partial charge is 0.480 e. The van der Waals surface area contributed by atoms with Gasteiger partial charge in [-0.1, -0.05) is 6.42 Å². The first-order valence-electron chi connectivity index (χ1n) is 7.04. The summed E-state index contributed by atoms with van der Waals surface area (Å²) in [5.74, 6) is -0.714. The summed E-state index contributed by atoms with van der Waals surface area (Å²) < 4.78 is 2.04. The van der Waals surface area contributed by atoms with Crippen molar-refractivity contribution < 1.29 is 9.90 Å². The maximum absolute atomic E-state index is 11.3. The summed E-state index contributed by atoms with van der Waals surface area (Å²) in [6, 6.07) is 3.72. The van der Waals surface area contributed by atoms with Gasteiger partial charge in [-0.3, -0.25) is 9.69 Å². The lowest BCUT2D eigenvalue weighted by Gasteiger charge is -2.32. The van der Waals surface area contributed by atoms with Gasteiger partial charge in [-0.2, -0.15) is 0 Å². The Bertz CT molecular complexity index is 635. The van der Waals surface area contributed by atoms with E-state index in [1.165, 1.54) is 5.56 Å². The average Bonchev–Trinajstić information content (AvgIpc) is 2.81. The average molecular weight is 273 g/mol. The number of aromatic nitrogens is 2. The van der Waals surface area contributed by atoms with E-state index in [2.05, 4.69) is 9.88 Å². The lowest BCUT2D eigenvalue weighted by molar-refractivity contribution is -0.144. The molecular weight excluding hydrogens is 254 g/mol. The van der Waals surface area contributed by atoms with Gasteiger partial charge in [-0.25, -0.2) is 4.98 Å². The van der Waals surface area contributed by atoms with Crippen LogP contribution >= 0.6 is 0 Å². The number of piperidine rings is 1. The van der Waals surface area contributed by atoms with E-state index >= 15 is 0 Å². The molecule has 2 aromatic heterocycles. The maximum atomic E-state index is 11.3. The summed E-state index contributed by atoms with van der Waals surface area (Å²) in [6.07, 6.45) is 6.67. The SMILES string of the molecule is Cc1ccn2c(CN3CCCCC3C(=O)O)cnc2c1. The third-order valence-electron chi connectivity index (χ3n) is 4.01. The Morgan fingerprint density at radius 2 is 2.35 bits per heavy atom. The first kappa shape index (κ1) is 13.1. The second-order valence-corrected chi connectivity index (χ2v) is 5.50. The number of carboxylic acids is 1. The van der Waals surface area contributed by atoms with E-state index in [0.717, 1.165) is 37.1 Å². The number of hydrogen-bond donors (Lipinski definition) is 1. The van der Waals surface area contributed by atoms with Crippen molar-refractivity contribution in [2.24, 2.45) is 0 Å². The first-order valence-corrected chi connectivity index (χ1v) is 7.04. The first-order chi connectivity index (χ1) is 9.65. The molecule has 0 bridgehead atoms. The molecule has 1 saturated heterocycles. The Balaban J connectivity index is 1.86. The van der Waals surface area contributed by atoms with Gasteiger partial charge < -0.3 is 9.51 Å². The predicted molar refractivity (Wildman–Crippen MR) is 75.6 cm³/mol. The molecule has 5 heteroatoms. The number of fused-ring (bicyclic) bond motifs is 1. The number of nitrogens with zero attached hydrogens (tertiary/aromatic N) is 3. The Hall–Kier alpha value is -1.88. The minimum absolute atomic E-state index is 0.361. The Labute approximate surface area is 117 Å². The lowest BCUT2D eigenvalue weighted by atomic mass is 10.0. The van der Waals surface area contributed by atoms with E-state index in [9.17, 15) is 9.90 Å². The van der Waals surface area contributed by atoms with E-state index in [0.29, 0.717) is 6.54 Å². The van der Waals surface area contributed by atoms with E-state index in [4.69, 9.17) is 0 Å². The van der Waals surface area contributed by atoms with Crippen molar-refractivity contribution >= 4 is 11.6 Å². The van der Waals surface area contributed by atoms with Gasteiger partial charge in [0.25, 0.3) is 0 Å². The van der Waals surface area contributed by atoms with Crippen molar-refractivity contribution in [2.75, 3.05) is 6.54 Å². The van der Waals surface area contributed by atoms with Crippen LogP contribution in [0, 0.1) is 6.92 Å². The van der Waals surface area contributed by atoms with Gasteiger partial charge in [0.2, 0.25) is 0 Å². The molecule has 3 heterocycles. The zero-order chi connectivity index (χ0) is 14.1. The number of hydrogen-bond acceptors (Lipinski definition) is 3. The zero-order valence-corrected chi connectivity index (χ0v) is 11.6. The second kappa shape index (κ2) is 5.25. The molecule has 0 amide bonds. The number of imidazole rings is 1. The van der Waals surface area contributed by atoms with Crippen LogP contribution in [-0.2, 0) is 11.3 Å². The van der Waals surface area contributed by atoms with Gasteiger partial charge in [0, 0.05) is 12.7 Å². The van der Waals surface area contributed by atoms with Gasteiger partial charge in [0.05, 0.1) is 11.9 Å². The normalized spacial score (nSPS) is 20.4. The molecule has 106 valence electrons. The van der Waals surface area contributed by atoms with Crippen molar-refractivity contribution in [3.05, 3.63) is 35.8 Å². The van der Waals surface area contributed by atoms with Crippen LogP contribution in [-0.4, -0.2) is 37.9 Å². The third kappa shape index (κ3) is 2.41. The number of pyridine rings is 1. The molecule has 1 aliphatic rings. The molecular formula is C15H19N3O2. The molecule has 1 fully saturated rings. The van der Waals surface area contributed by atoms with E-state index in [1.54, 1.807) is 0 Å². The van der Waals surface area contributed by atoms with Crippen LogP contribution in [0.3, 0.4) is 0 Å². The number of carbonyl (C=O) groups is 1. The molecule has 3 rings (SSSR count). The molecule has 1 unspecified atom stereocenters. The number of rotatable bonds is 3. The highest BCUT2D eigenvalue weighted by molar-refractivity contribution is 5.73. The molecule has 20 heavy (non-hydrogen) atoms. The summed E-state index contributed by atoms with van der Waals surface area (Å²) in [7, 11) is 0. The summed E-state index contributed by atoms with van der Waals surface area (Å²) >= 11 is 0. The molecule has 0 spiro atoms. The fraction of sp³-hybridized carbons (Fsp3) is 0.467. The van der Waals surface area contributed by atoms with Crippen LogP contribution in [0.1, 0.15) is 30.5 Å². The molecule has 1 N–H and O–H groups in total. The Morgan fingerprint density at radius 3 is 3.15 bits per heavy atom. The van der Waals surface area contributed by atoms with E-state index < -0.39 is 5.97 Å². The summed E-state index contributed by atoms with van der Waals surface area (Å²) in [6.45, 7) is 3.52. The van der Waals surface area contributed by atoms with Gasteiger partial charge in [-0.05, 0) is 44.0 Å². The minimum Gasteiger partial charge on any atom is -0.480 e. The van der Waals surface area contributed by atoms with Crippen molar-refractivity contribution in [3.63, 3.8) is 0 Å². The Kier molecular flexibility index (Phi) is 3.44. The molecule has 0 radical (unpaired) electrons. The highest BCUT2D eigenvalue weighted by Crippen LogP contribution is 2.20. The number of aliphatic carboxylic acids is 1. The van der Waals surface area contributed by atoms with Crippen LogP contribution < -0.4 is 0 Å². The Morgan fingerprint density at radius 1 is 1.50 bits per heavy atom. The smallest absolute Gasteiger partial charge is 0.320 e. The van der Waals surface area contributed by atoms with E-state index in [1.807, 2.05) is 35.9 Å². The van der Waals surface area contributed by atoms with Crippen molar-refractivity contribution in [1.29, 1.82) is 0 Å². The topological polar surface area (TPSA) is 57.8 Å². The van der Waals surface area contributed by atoms with E-state index in [-0.39, 0.29) is 6.04 Å². The molecule has 5 nitrogen and oxygen atoms in total. The van der Waals surface area contributed by atoms with Crippen LogP contribution in [0.25, 0.3) is 5.65 Å². The highest BCUT2D eigenvalue weighted by Gasteiger charge is 2.28. The fourth-order valence-corrected chi connectivity index (χ4v) is 2.92. The van der Waals surface area contributed by atoms with Gasteiger partial charge >= 0.3 is 5.97 Å². The predicted octanol–water partition coefficient (Wildman–Crippen LogP) is 2.08. The monoisotopic (exact) mass is 273 g/mol.